The van der Waals surface area contributed by atoms with Crippen LogP contribution in [0.5, 0.6) is 0 Å². The van der Waals surface area contributed by atoms with Gasteiger partial charge in [-0.1, -0.05) is 109 Å². The molecule has 0 aromatic heterocycles. The maximum Gasteiger partial charge on any atom is 0.330 e. The van der Waals surface area contributed by atoms with E-state index in [0.29, 0.717) is 0 Å². The minimum Gasteiger partial charge on any atom is -0.361 e. The molecule has 0 saturated heterocycles. The van der Waals surface area contributed by atoms with Crippen molar-refractivity contribution in [3.8, 4) is 22.3 Å². The second-order valence-corrected chi connectivity index (χ2v) is 10.5. The molecule has 2 nitrogen and oxygen atoms in total. The number of anilines is 2. The fourth-order valence-electron chi connectivity index (χ4n) is 7.74. The van der Waals surface area contributed by atoms with Gasteiger partial charge in [-0.25, -0.2) is 0 Å². The molecule has 0 aliphatic carbocycles. The van der Waals surface area contributed by atoms with Crippen molar-refractivity contribution >= 4 is 52.5 Å². The van der Waals surface area contributed by atoms with Gasteiger partial charge in [-0.3, -0.25) is 0 Å². The molecular formula is C32H18B2N2. The summed E-state index contributed by atoms with van der Waals surface area (Å²) >= 11 is 0. The normalized spacial score (nSPS) is 16.0. The Hall–Kier alpha value is -4.43. The number of rotatable bonds is 0. The van der Waals surface area contributed by atoms with Gasteiger partial charge in [-0.05, 0) is 44.1 Å². The third-order valence-corrected chi connectivity index (χ3v) is 8.97. The highest BCUT2D eigenvalue weighted by Crippen LogP contribution is 2.59. The minimum absolute atomic E-state index is 0.176. The quantitative estimate of drug-likeness (QED) is 0.329. The fourth-order valence-corrected chi connectivity index (χ4v) is 7.74. The predicted molar refractivity (Wildman–Crippen MR) is 151 cm³/mol. The lowest BCUT2D eigenvalue weighted by Crippen LogP contribution is -2.67. The molecule has 5 aromatic carbocycles. The molecule has 5 aliphatic rings. The van der Waals surface area contributed by atoms with Gasteiger partial charge >= 0.3 is 13.7 Å². The summed E-state index contributed by atoms with van der Waals surface area (Å²) in [5, 5.41) is 0. The Morgan fingerprint density at radius 1 is 0.361 bits per heavy atom. The van der Waals surface area contributed by atoms with Crippen LogP contribution < -0.4 is 31.5 Å². The van der Waals surface area contributed by atoms with Gasteiger partial charge in [0.25, 0.3) is 0 Å². The number of hydrogen-bond donors (Lipinski definition) is 0. The van der Waals surface area contributed by atoms with Crippen molar-refractivity contribution in [3.05, 3.63) is 126 Å². The van der Waals surface area contributed by atoms with Crippen molar-refractivity contribution in [2.24, 2.45) is 0 Å². The summed E-state index contributed by atoms with van der Waals surface area (Å²) in [7, 11) is 0. The molecule has 5 heterocycles. The van der Waals surface area contributed by atoms with Gasteiger partial charge in [0.15, 0.2) is 0 Å². The highest BCUT2D eigenvalue weighted by molar-refractivity contribution is 6.96. The Kier molecular flexibility index (Phi) is 2.91. The van der Waals surface area contributed by atoms with Gasteiger partial charge in [-0.2, -0.15) is 0 Å². The van der Waals surface area contributed by atoms with E-state index in [2.05, 4.69) is 119 Å². The molecule has 0 saturated carbocycles. The van der Waals surface area contributed by atoms with Crippen LogP contribution in [0.1, 0.15) is 11.1 Å². The molecule has 0 radical (unpaired) electrons. The predicted octanol–water partition coefficient (Wildman–Crippen LogP) is 3.93. The van der Waals surface area contributed by atoms with E-state index in [1.807, 2.05) is 0 Å². The van der Waals surface area contributed by atoms with E-state index < -0.39 is 0 Å². The number of fused-ring (bicyclic) bond motifs is 12. The first-order chi connectivity index (χ1) is 17.9. The van der Waals surface area contributed by atoms with Gasteiger partial charge in [-0.15, -0.1) is 0 Å². The zero-order valence-electron chi connectivity index (χ0n) is 19.4. The topological polar surface area (TPSA) is 6.48 Å². The largest absolute Gasteiger partial charge is 0.361 e. The second-order valence-electron chi connectivity index (χ2n) is 10.5. The average Bonchev–Trinajstić information content (AvgIpc) is 3.30. The third kappa shape index (κ3) is 1.78. The highest BCUT2D eigenvalue weighted by Gasteiger charge is 2.56. The monoisotopic (exact) mass is 452 g/mol. The first-order valence-corrected chi connectivity index (χ1v) is 12.8. The summed E-state index contributed by atoms with van der Waals surface area (Å²) in [5.74, 6) is 1.36. The van der Waals surface area contributed by atoms with E-state index in [9.17, 15) is 0 Å². The Morgan fingerprint density at radius 3 is 1.17 bits per heavy atom. The Bertz CT molecular complexity index is 1750. The Labute approximate surface area is 210 Å². The zero-order chi connectivity index (χ0) is 23.1. The lowest BCUT2D eigenvalue weighted by atomic mass is 9.41. The van der Waals surface area contributed by atoms with Crippen LogP contribution in [0, 0.1) is 0 Å². The van der Waals surface area contributed by atoms with Crippen molar-refractivity contribution in [1.29, 1.82) is 0 Å². The van der Waals surface area contributed by atoms with Crippen LogP contribution in [0.4, 0.5) is 11.4 Å². The van der Waals surface area contributed by atoms with Crippen molar-refractivity contribution in [3.63, 3.8) is 0 Å². The van der Waals surface area contributed by atoms with Gasteiger partial charge in [0, 0.05) is 16.7 Å². The van der Waals surface area contributed by atoms with Crippen molar-refractivity contribution in [2.45, 2.75) is 0 Å². The molecule has 10 rings (SSSR count). The van der Waals surface area contributed by atoms with Crippen LogP contribution in [0.2, 0.25) is 0 Å². The highest BCUT2D eigenvalue weighted by atomic mass is 15.4. The molecule has 162 valence electrons. The first-order valence-electron chi connectivity index (χ1n) is 12.8. The van der Waals surface area contributed by atoms with Crippen molar-refractivity contribution in [2.75, 3.05) is 9.62 Å². The Morgan fingerprint density at radius 2 is 0.722 bits per heavy atom. The maximum absolute atomic E-state index is 2.68. The van der Waals surface area contributed by atoms with E-state index >= 15 is 0 Å². The molecule has 0 spiro atoms. The molecule has 5 aromatic rings. The third-order valence-electron chi connectivity index (χ3n) is 8.97. The van der Waals surface area contributed by atoms with Crippen LogP contribution in [0.25, 0.3) is 27.8 Å². The molecule has 0 unspecified atom stereocenters. The second kappa shape index (κ2) is 5.85. The number of nitrogens with zero attached hydrogens (tertiary/aromatic N) is 2. The first kappa shape index (κ1) is 17.9. The minimum atomic E-state index is 0.176. The van der Waals surface area contributed by atoms with Gasteiger partial charge < -0.3 is 9.62 Å². The van der Waals surface area contributed by atoms with E-state index in [0.717, 1.165) is 0 Å². The summed E-state index contributed by atoms with van der Waals surface area (Å²) in [4.78, 5) is 5.37. The molecule has 36 heavy (non-hydrogen) atoms. The van der Waals surface area contributed by atoms with E-state index in [4.69, 9.17) is 0 Å². The fraction of sp³-hybridized carbons (Fsp3) is 0. The summed E-state index contributed by atoms with van der Waals surface area (Å²) in [6, 6.07) is 41.0. The summed E-state index contributed by atoms with van der Waals surface area (Å²) in [6.45, 7) is 0.351. The molecule has 0 amide bonds. The summed E-state index contributed by atoms with van der Waals surface area (Å²) < 4.78 is 0. The summed E-state index contributed by atoms with van der Waals surface area (Å²) in [5.41, 5.74) is 17.9. The molecular weight excluding hydrogens is 434 g/mol. The van der Waals surface area contributed by atoms with Crippen LogP contribution in [0.15, 0.2) is 115 Å². The molecule has 5 aliphatic heterocycles. The SMILES string of the molecule is c1ccc2c(c1)B1c3ccccc3-c3ccc4c5c3N1C1=C2c2ccccc2B(c2ccccc2-4)N15. The molecule has 0 atom stereocenters. The average molecular weight is 452 g/mol. The van der Waals surface area contributed by atoms with Crippen LogP contribution in [0.3, 0.4) is 0 Å². The van der Waals surface area contributed by atoms with Crippen LogP contribution in [-0.2, 0) is 0 Å². The number of hydrogen-bond acceptors (Lipinski definition) is 2. The van der Waals surface area contributed by atoms with Gasteiger partial charge in [0.1, 0.15) is 0 Å². The van der Waals surface area contributed by atoms with E-state index in [-0.39, 0.29) is 13.7 Å². The van der Waals surface area contributed by atoms with Gasteiger partial charge in [0.05, 0.1) is 17.2 Å². The smallest absolute Gasteiger partial charge is 0.330 e. The standard InChI is InChI=1S/C32H18B2N2/c1-5-13-25-19(9-1)21-17-18-22-20-10-2-6-14-26(20)34-28-16-8-4-12-24(28)29-23-11-3-7-15-27(23)33(25)35-30(21)31(22)36(34)32(29)35/h1-18H. The molecule has 0 bridgehead atoms. The Balaban J connectivity index is 1.47. The summed E-state index contributed by atoms with van der Waals surface area (Å²) in [6.07, 6.45) is 0. The molecule has 0 fully saturated rings. The molecule has 0 N–H and O–H groups in total. The van der Waals surface area contributed by atoms with Crippen molar-refractivity contribution in [1.82, 2.24) is 0 Å². The maximum atomic E-state index is 2.68. The van der Waals surface area contributed by atoms with Crippen LogP contribution >= 0.6 is 0 Å². The number of benzene rings is 5. The van der Waals surface area contributed by atoms with E-state index in [1.54, 1.807) is 0 Å². The van der Waals surface area contributed by atoms with E-state index in [1.165, 1.54) is 78.0 Å². The van der Waals surface area contributed by atoms with Crippen LogP contribution in [-0.4, -0.2) is 13.7 Å². The lowest BCUT2D eigenvalue weighted by Gasteiger charge is -2.46. The lowest BCUT2D eigenvalue weighted by molar-refractivity contribution is 1.20. The van der Waals surface area contributed by atoms with Gasteiger partial charge in [0.2, 0.25) is 0 Å². The van der Waals surface area contributed by atoms with Crippen molar-refractivity contribution < 1.29 is 0 Å². The zero-order valence-corrected chi connectivity index (χ0v) is 19.4. The molecule has 4 heteroatoms.